The van der Waals surface area contributed by atoms with E-state index in [0.717, 1.165) is 5.56 Å². The van der Waals surface area contributed by atoms with Crippen molar-refractivity contribution in [3.05, 3.63) is 35.4 Å². The van der Waals surface area contributed by atoms with Gasteiger partial charge < -0.3 is 5.11 Å². The summed E-state index contributed by atoms with van der Waals surface area (Å²) in [6, 6.07) is 8.57. The minimum Gasteiger partial charge on any atom is -0.388 e. The average molecular weight is 246 g/mol. The van der Waals surface area contributed by atoms with E-state index in [0.29, 0.717) is 11.8 Å². The smallest absolute Gasteiger partial charge is 0.0818 e. The second-order valence-electron chi connectivity index (χ2n) is 6.02. The maximum absolute atomic E-state index is 10.5. The molecule has 1 unspecified atom stereocenters. The molecule has 1 saturated carbocycles. The average Bonchev–Trinajstić information content (AvgIpc) is 2.67. The highest BCUT2D eigenvalue weighted by Crippen LogP contribution is 2.33. The molecule has 1 N–H and O–H groups in total. The molecule has 1 aliphatic rings. The molecule has 0 spiro atoms. The van der Waals surface area contributed by atoms with Crippen LogP contribution in [0.3, 0.4) is 0 Å². The molecule has 18 heavy (non-hydrogen) atoms. The van der Waals surface area contributed by atoms with Crippen molar-refractivity contribution in [3.63, 3.8) is 0 Å². The molecule has 0 heterocycles. The summed E-state index contributed by atoms with van der Waals surface area (Å²) in [6.07, 6.45) is 7.37. The van der Waals surface area contributed by atoms with E-state index in [1.54, 1.807) is 0 Å². The van der Waals surface area contributed by atoms with Gasteiger partial charge >= 0.3 is 0 Å². The molecule has 1 atom stereocenters. The van der Waals surface area contributed by atoms with Gasteiger partial charge in [-0.05, 0) is 35.8 Å². The van der Waals surface area contributed by atoms with Gasteiger partial charge in [0.05, 0.1) is 6.10 Å². The van der Waals surface area contributed by atoms with Crippen molar-refractivity contribution in [1.29, 1.82) is 0 Å². The van der Waals surface area contributed by atoms with Crippen molar-refractivity contribution < 1.29 is 5.11 Å². The summed E-state index contributed by atoms with van der Waals surface area (Å²) < 4.78 is 0. The van der Waals surface area contributed by atoms with Gasteiger partial charge in [-0.15, -0.1) is 0 Å². The molecule has 0 bridgehead atoms. The van der Waals surface area contributed by atoms with Crippen LogP contribution in [0.5, 0.6) is 0 Å². The Bertz CT molecular complexity index is 344. The normalized spacial score (nSPS) is 19.8. The standard InChI is InChI=1S/C17H26O/c1-13(2)14-9-11-16(12-10-14)17(18)15-7-5-3-4-6-8-15/h9-13,15,17-18H,3-8H2,1-2H3. The van der Waals surface area contributed by atoms with Gasteiger partial charge in [0.2, 0.25) is 0 Å². The second-order valence-corrected chi connectivity index (χ2v) is 6.02. The number of benzene rings is 1. The largest absolute Gasteiger partial charge is 0.388 e. The number of aliphatic hydroxyl groups excluding tert-OH is 1. The number of hydrogen-bond acceptors (Lipinski definition) is 1. The van der Waals surface area contributed by atoms with Crippen LogP contribution in [0.4, 0.5) is 0 Å². The Morgan fingerprint density at radius 1 is 0.889 bits per heavy atom. The topological polar surface area (TPSA) is 20.2 Å². The van der Waals surface area contributed by atoms with Gasteiger partial charge in [-0.2, -0.15) is 0 Å². The lowest BCUT2D eigenvalue weighted by molar-refractivity contribution is 0.0988. The molecule has 1 nitrogen and oxygen atoms in total. The minimum absolute atomic E-state index is 0.260. The third-order valence-corrected chi connectivity index (χ3v) is 4.29. The molecule has 1 aromatic carbocycles. The maximum Gasteiger partial charge on any atom is 0.0818 e. The molecular weight excluding hydrogens is 220 g/mol. The van der Waals surface area contributed by atoms with Gasteiger partial charge in [-0.1, -0.05) is 63.8 Å². The van der Waals surface area contributed by atoms with Crippen molar-refractivity contribution >= 4 is 0 Å². The van der Waals surface area contributed by atoms with Crippen LogP contribution >= 0.6 is 0 Å². The Hall–Kier alpha value is -0.820. The molecular formula is C17H26O. The van der Waals surface area contributed by atoms with Crippen LogP contribution in [0.25, 0.3) is 0 Å². The maximum atomic E-state index is 10.5. The highest BCUT2D eigenvalue weighted by molar-refractivity contribution is 5.26. The van der Waals surface area contributed by atoms with Crippen LogP contribution in [0.2, 0.25) is 0 Å². The highest BCUT2D eigenvalue weighted by atomic mass is 16.3. The highest BCUT2D eigenvalue weighted by Gasteiger charge is 2.21. The lowest BCUT2D eigenvalue weighted by Crippen LogP contribution is -2.12. The molecule has 0 amide bonds. The van der Waals surface area contributed by atoms with Gasteiger partial charge in [-0.25, -0.2) is 0 Å². The zero-order valence-electron chi connectivity index (χ0n) is 11.7. The summed E-state index contributed by atoms with van der Waals surface area (Å²) >= 11 is 0. The number of hydrogen-bond donors (Lipinski definition) is 1. The van der Waals surface area contributed by atoms with E-state index in [1.165, 1.54) is 44.1 Å². The van der Waals surface area contributed by atoms with Gasteiger partial charge in [0, 0.05) is 0 Å². The molecule has 1 fully saturated rings. The Kier molecular flexibility index (Phi) is 4.82. The van der Waals surface area contributed by atoms with Crippen LogP contribution in [0.15, 0.2) is 24.3 Å². The van der Waals surface area contributed by atoms with E-state index >= 15 is 0 Å². The molecule has 100 valence electrons. The minimum atomic E-state index is -0.260. The molecule has 0 saturated heterocycles. The van der Waals surface area contributed by atoms with Crippen LogP contribution in [-0.2, 0) is 0 Å². The first-order chi connectivity index (χ1) is 8.68. The van der Waals surface area contributed by atoms with E-state index in [1.807, 2.05) is 0 Å². The van der Waals surface area contributed by atoms with E-state index in [4.69, 9.17) is 0 Å². The number of aliphatic hydroxyl groups is 1. The van der Waals surface area contributed by atoms with E-state index < -0.39 is 0 Å². The summed E-state index contributed by atoms with van der Waals surface area (Å²) in [4.78, 5) is 0. The van der Waals surface area contributed by atoms with Gasteiger partial charge in [-0.3, -0.25) is 0 Å². The second kappa shape index (κ2) is 6.38. The molecule has 1 aromatic rings. The Morgan fingerprint density at radius 2 is 1.39 bits per heavy atom. The zero-order chi connectivity index (χ0) is 13.0. The fraction of sp³-hybridized carbons (Fsp3) is 0.647. The third-order valence-electron chi connectivity index (χ3n) is 4.29. The Balaban J connectivity index is 2.05. The summed E-state index contributed by atoms with van der Waals surface area (Å²) in [5, 5.41) is 10.5. The van der Waals surface area contributed by atoms with Crippen molar-refractivity contribution in [2.75, 3.05) is 0 Å². The predicted octanol–water partition coefficient (Wildman–Crippen LogP) is 4.81. The number of rotatable bonds is 3. The molecule has 0 radical (unpaired) electrons. The van der Waals surface area contributed by atoms with Crippen molar-refractivity contribution in [2.45, 2.75) is 64.4 Å². The van der Waals surface area contributed by atoms with Gasteiger partial charge in [0.25, 0.3) is 0 Å². The predicted molar refractivity (Wildman–Crippen MR) is 76.7 cm³/mol. The van der Waals surface area contributed by atoms with E-state index in [-0.39, 0.29) is 6.10 Å². The van der Waals surface area contributed by atoms with Crippen molar-refractivity contribution in [1.82, 2.24) is 0 Å². The Labute approximate surface area is 111 Å². The molecule has 1 aliphatic carbocycles. The summed E-state index contributed by atoms with van der Waals surface area (Å²) in [5.41, 5.74) is 2.46. The van der Waals surface area contributed by atoms with Gasteiger partial charge in [0.1, 0.15) is 0 Å². The Morgan fingerprint density at radius 3 is 1.89 bits per heavy atom. The molecule has 1 heteroatoms. The van der Waals surface area contributed by atoms with Crippen LogP contribution < -0.4 is 0 Å². The molecule has 0 aliphatic heterocycles. The van der Waals surface area contributed by atoms with Crippen molar-refractivity contribution in [2.24, 2.45) is 5.92 Å². The van der Waals surface area contributed by atoms with Gasteiger partial charge in [0.15, 0.2) is 0 Å². The van der Waals surface area contributed by atoms with E-state index in [2.05, 4.69) is 38.1 Å². The quantitative estimate of drug-likeness (QED) is 0.758. The van der Waals surface area contributed by atoms with Crippen molar-refractivity contribution in [3.8, 4) is 0 Å². The SMILES string of the molecule is CC(C)c1ccc(C(O)C2CCCCCC2)cc1. The van der Waals surface area contributed by atoms with E-state index in [9.17, 15) is 5.11 Å². The van der Waals surface area contributed by atoms with Crippen LogP contribution in [-0.4, -0.2) is 5.11 Å². The fourth-order valence-corrected chi connectivity index (χ4v) is 2.98. The lowest BCUT2D eigenvalue weighted by Gasteiger charge is -2.22. The lowest BCUT2D eigenvalue weighted by atomic mass is 9.88. The molecule has 0 aromatic heterocycles. The molecule has 2 rings (SSSR count). The monoisotopic (exact) mass is 246 g/mol. The first-order valence-corrected chi connectivity index (χ1v) is 7.46. The van der Waals surface area contributed by atoms with Crippen LogP contribution in [0, 0.1) is 5.92 Å². The zero-order valence-corrected chi connectivity index (χ0v) is 11.7. The summed E-state index contributed by atoms with van der Waals surface area (Å²) in [7, 11) is 0. The summed E-state index contributed by atoms with van der Waals surface area (Å²) in [5.74, 6) is 1.03. The first-order valence-electron chi connectivity index (χ1n) is 7.46. The van der Waals surface area contributed by atoms with Crippen LogP contribution in [0.1, 0.15) is 75.5 Å². The third kappa shape index (κ3) is 3.35. The first kappa shape index (κ1) is 13.6. The summed E-state index contributed by atoms with van der Waals surface area (Å²) in [6.45, 7) is 4.41. The fourth-order valence-electron chi connectivity index (χ4n) is 2.98.